The van der Waals surface area contributed by atoms with E-state index in [1.54, 1.807) is 0 Å². The average molecular weight is 258 g/mol. The second kappa shape index (κ2) is 6.00. The first-order valence-electron chi connectivity index (χ1n) is 5.60. The minimum absolute atomic E-state index is 0.351. The summed E-state index contributed by atoms with van der Waals surface area (Å²) >= 11 is 5.99. The van der Waals surface area contributed by atoms with Gasteiger partial charge in [0.05, 0.1) is 6.20 Å². The second-order valence-electron chi connectivity index (χ2n) is 3.97. The summed E-state index contributed by atoms with van der Waals surface area (Å²) in [6, 6.07) is 0. The molecule has 2 rings (SSSR count). The van der Waals surface area contributed by atoms with Gasteiger partial charge in [-0.25, -0.2) is 10.8 Å². The maximum absolute atomic E-state index is 5.99. The van der Waals surface area contributed by atoms with E-state index in [2.05, 4.69) is 20.7 Å². The van der Waals surface area contributed by atoms with Crippen LogP contribution >= 0.6 is 11.6 Å². The van der Waals surface area contributed by atoms with Crippen LogP contribution in [-0.4, -0.2) is 29.7 Å². The molecule has 0 aliphatic carbocycles. The van der Waals surface area contributed by atoms with E-state index in [1.165, 1.54) is 6.20 Å². The van der Waals surface area contributed by atoms with Crippen LogP contribution in [0.15, 0.2) is 6.20 Å². The Bertz CT molecular complexity index is 370. The highest BCUT2D eigenvalue weighted by Crippen LogP contribution is 2.21. The van der Waals surface area contributed by atoms with Crippen LogP contribution in [0, 0.1) is 5.92 Å². The van der Waals surface area contributed by atoms with Gasteiger partial charge in [-0.1, -0.05) is 11.6 Å². The van der Waals surface area contributed by atoms with Crippen LogP contribution in [0.4, 0.5) is 11.8 Å². The monoisotopic (exact) mass is 257 g/mol. The average Bonchev–Trinajstić information content (AvgIpc) is 2.39. The predicted octanol–water partition coefficient (Wildman–Crippen LogP) is 1.25. The van der Waals surface area contributed by atoms with Crippen molar-refractivity contribution in [2.75, 3.05) is 30.5 Å². The molecule has 1 aromatic rings. The van der Waals surface area contributed by atoms with Crippen molar-refractivity contribution in [3.63, 3.8) is 0 Å². The first-order valence-corrected chi connectivity index (χ1v) is 5.98. The maximum atomic E-state index is 5.99. The molecule has 0 saturated carbocycles. The van der Waals surface area contributed by atoms with Gasteiger partial charge in [-0.2, -0.15) is 4.98 Å². The van der Waals surface area contributed by atoms with Crippen LogP contribution in [0.2, 0.25) is 5.02 Å². The SMILES string of the molecule is NNc1ncc(Cl)c(NCC2CCOCC2)n1. The highest BCUT2D eigenvalue weighted by atomic mass is 35.5. The molecule has 6 nitrogen and oxygen atoms in total. The molecular formula is C10H16ClN5O. The van der Waals surface area contributed by atoms with Gasteiger partial charge >= 0.3 is 0 Å². The lowest BCUT2D eigenvalue weighted by Gasteiger charge is -2.22. The van der Waals surface area contributed by atoms with Crippen LogP contribution in [0.3, 0.4) is 0 Å². The van der Waals surface area contributed by atoms with Crippen molar-refractivity contribution in [2.45, 2.75) is 12.8 Å². The van der Waals surface area contributed by atoms with Crippen LogP contribution in [0.5, 0.6) is 0 Å². The Morgan fingerprint density at radius 2 is 2.24 bits per heavy atom. The van der Waals surface area contributed by atoms with Gasteiger partial charge in [0.15, 0.2) is 5.82 Å². The Labute approximate surface area is 105 Å². The lowest BCUT2D eigenvalue weighted by Crippen LogP contribution is -2.23. The van der Waals surface area contributed by atoms with Crippen LogP contribution < -0.4 is 16.6 Å². The minimum atomic E-state index is 0.351. The van der Waals surface area contributed by atoms with E-state index in [4.69, 9.17) is 22.2 Å². The number of hydrogen-bond donors (Lipinski definition) is 3. The van der Waals surface area contributed by atoms with E-state index in [0.717, 1.165) is 32.6 Å². The molecule has 0 amide bonds. The van der Waals surface area contributed by atoms with Crippen molar-refractivity contribution in [2.24, 2.45) is 11.8 Å². The van der Waals surface area contributed by atoms with E-state index < -0.39 is 0 Å². The smallest absolute Gasteiger partial charge is 0.239 e. The Kier molecular flexibility index (Phi) is 4.36. The zero-order chi connectivity index (χ0) is 12.1. The Hall–Kier alpha value is -1.11. The Morgan fingerprint density at radius 1 is 1.47 bits per heavy atom. The summed E-state index contributed by atoms with van der Waals surface area (Å²) in [6.45, 7) is 2.50. The van der Waals surface area contributed by atoms with Gasteiger partial charge in [-0.3, -0.25) is 5.43 Å². The summed E-state index contributed by atoms with van der Waals surface area (Å²) in [5.41, 5.74) is 2.39. The predicted molar refractivity (Wildman–Crippen MR) is 66.9 cm³/mol. The van der Waals surface area contributed by atoms with Crippen LogP contribution in [-0.2, 0) is 4.74 Å². The summed E-state index contributed by atoms with van der Waals surface area (Å²) in [4.78, 5) is 8.07. The third-order valence-corrected chi connectivity index (χ3v) is 3.05. The first kappa shape index (κ1) is 12.3. The fourth-order valence-electron chi connectivity index (χ4n) is 1.75. The fraction of sp³-hybridized carbons (Fsp3) is 0.600. The number of nitrogens with two attached hydrogens (primary N) is 1. The number of hydrazine groups is 1. The highest BCUT2D eigenvalue weighted by Gasteiger charge is 2.14. The van der Waals surface area contributed by atoms with Gasteiger partial charge in [0.2, 0.25) is 5.95 Å². The molecule has 7 heteroatoms. The Balaban J connectivity index is 1.92. The molecule has 0 aromatic carbocycles. The van der Waals surface area contributed by atoms with E-state index in [-0.39, 0.29) is 0 Å². The molecule has 1 fully saturated rings. The van der Waals surface area contributed by atoms with Crippen molar-refractivity contribution in [1.29, 1.82) is 0 Å². The summed E-state index contributed by atoms with van der Waals surface area (Å²) in [5.74, 6) is 6.81. The molecule has 0 atom stereocenters. The van der Waals surface area contributed by atoms with Gasteiger partial charge in [0.1, 0.15) is 5.02 Å². The van der Waals surface area contributed by atoms with Crippen molar-refractivity contribution >= 4 is 23.4 Å². The zero-order valence-corrected chi connectivity index (χ0v) is 10.2. The quantitative estimate of drug-likeness (QED) is 0.556. The summed E-state index contributed by atoms with van der Waals surface area (Å²) in [6.07, 6.45) is 3.66. The zero-order valence-electron chi connectivity index (χ0n) is 9.45. The molecule has 17 heavy (non-hydrogen) atoms. The molecule has 0 unspecified atom stereocenters. The van der Waals surface area contributed by atoms with E-state index >= 15 is 0 Å². The number of nitrogens with one attached hydrogen (secondary N) is 2. The molecule has 4 N–H and O–H groups in total. The number of aromatic nitrogens is 2. The molecule has 0 radical (unpaired) electrons. The summed E-state index contributed by atoms with van der Waals surface area (Å²) in [7, 11) is 0. The standard InChI is InChI=1S/C10H16ClN5O/c11-8-6-14-10(16-12)15-9(8)13-5-7-1-3-17-4-2-7/h6-7H,1-5,12H2,(H2,13,14,15,16). The lowest BCUT2D eigenvalue weighted by atomic mass is 10.0. The third kappa shape index (κ3) is 3.42. The highest BCUT2D eigenvalue weighted by molar-refractivity contribution is 6.32. The Morgan fingerprint density at radius 3 is 2.94 bits per heavy atom. The van der Waals surface area contributed by atoms with Crippen LogP contribution in [0.1, 0.15) is 12.8 Å². The molecule has 1 saturated heterocycles. The van der Waals surface area contributed by atoms with E-state index in [0.29, 0.717) is 22.7 Å². The molecular weight excluding hydrogens is 242 g/mol. The van der Waals surface area contributed by atoms with Gasteiger partial charge in [0.25, 0.3) is 0 Å². The van der Waals surface area contributed by atoms with Crippen LogP contribution in [0.25, 0.3) is 0 Å². The van der Waals surface area contributed by atoms with Crippen molar-refractivity contribution in [1.82, 2.24) is 9.97 Å². The molecule has 1 aliphatic rings. The fourth-order valence-corrected chi connectivity index (χ4v) is 1.91. The van der Waals surface area contributed by atoms with Crippen molar-refractivity contribution < 1.29 is 4.74 Å². The van der Waals surface area contributed by atoms with Crippen molar-refractivity contribution in [3.05, 3.63) is 11.2 Å². The number of rotatable bonds is 4. The van der Waals surface area contributed by atoms with Crippen molar-refractivity contribution in [3.8, 4) is 0 Å². The molecule has 0 bridgehead atoms. The third-order valence-electron chi connectivity index (χ3n) is 2.77. The number of ether oxygens (including phenoxy) is 1. The molecule has 1 aromatic heterocycles. The summed E-state index contributed by atoms with van der Waals surface area (Å²) < 4.78 is 5.31. The normalized spacial score (nSPS) is 16.8. The molecule has 94 valence electrons. The lowest BCUT2D eigenvalue weighted by molar-refractivity contribution is 0.0699. The minimum Gasteiger partial charge on any atom is -0.381 e. The number of anilines is 2. The summed E-state index contributed by atoms with van der Waals surface area (Å²) in [5, 5.41) is 3.72. The largest absolute Gasteiger partial charge is 0.381 e. The molecule has 0 spiro atoms. The molecule has 1 aliphatic heterocycles. The van der Waals surface area contributed by atoms with Gasteiger partial charge < -0.3 is 10.1 Å². The number of halogens is 1. The maximum Gasteiger partial charge on any atom is 0.239 e. The number of hydrogen-bond acceptors (Lipinski definition) is 6. The van der Waals surface area contributed by atoms with E-state index in [1.807, 2.05) is 0 Å². The van der Waals surface area contributed by atoms with E-state index in [9.17, 15) is 0 Å². The first-order chi connectivity index (χ1) is 8.29. The van der Waals surface area contributed by atoms with Gasteiger partial charge in [-0.15, -0.1) is 0 Å². The number of nitrogens with zero attached hydrogens (tertiary/aromatic N) is 2. The van der Waals surface area contributed by atoms with Gasteiger partial charge in [0, 0.05) is 19.8 Å². The van der Waals surface area contributed by atoms with Gasteiger partial charge in [-0.05, 0) is 18.8 Å². The molecule has 2 heterocycles. The topological polar surface area (TPSA) is 85.1 Å². The number of nitrogen functional groups attached to an aromatic ring is 1. The second-order valence-corrected chi connectivity index (χ2v) is 4.38.